The van der Waals surface area contributed by atoms with Crippen LogP contribution in [0, 0.1) is 13.8 Å². The highest BCUT2D eigenvalue weighted by atomic mass is 32.2. The van der Waals surface area contributed by atoms with Crippen LogP contribution in [0.15, 0.2) is 18.2 Å². The molecule has 15 heavy (non-hydrogen) atoms. The summed E-state index contributed by atoms with van der Waals surface area (Å²) in [6, 6.07) is 7.43. The van der Waals surface area contributed by atoms with Crippen molar-refractivity contribution in [3.63, 3.8) is 0 Å². The molecule has 1 saturated heterocycles. The Bertz CT molecular complexity index is 329. The van der Waals surface area contributed by atoms with E-state index >= 15 is 0 Å². The van der Waals surface area contributed by atoms with Crippen LogP contribution in [0.1, 0.15) is 23.1 Å². The van der Waals surface area contributed by atoms with Gasteiger partial charge in [-0.05, 0) is 37.1 Å². The third-order valence-electron chi connectivity index (χ3n) is 3.02. The molecule has 0 aliphatic carbocycles. The minimum absolute atomic E-state index is 0.731. The normalized spacial score (nSPS) is 20.8. The van der Waals surface area contributed by atoms with E-state index in [2.05, 4.69) is 49.1 Å². The van der Waals surface area contributed by atoms with Gasteiger partial charge in [-0.25, -0.2) is 0 Å². The molecule has 1 unspecified atom stereocenters. The minimum atomic E-state index is 0.731. The number of nitrogens with one attached hydrogen (secondary N) is 1. The van der Waals surface area contributed by atoms with Gasteiger partial charge in [0.25, 0.3) is 0 Å². The van der Waals surface area contributed by atoms with Crippen molar-refractivity contribution < 1.29 is 0 Å². The highest BCUT2D eigenvalue weighted by molar-refractivity contribution is 7.99. The average Bonchev–Trinajstić information content (AvgIpc) is 2.72. The predicted molar refractivity (Wildman–Crippen MR) is 68.5 cm³/mol. The van der Waals surface area contributed by atoms with Gasteiger partial charge in [0.15, 0.2) is 0 Å². The highest BCUT2D eigenvalue weighted by Gasteiger charge is 2.14. The van der Waals surface area contributed by atoms with E-state index in [1.807, 2.05) is 0 Å². The number of benzene rings is 1. The maximum absolute atomic E-state index is 3.65. The van der Waals surface area contributed by atoms with Crippen molar-refractivity contribution in [3.8, 4) is 0 Å². The van der Waals surface area contributed by atoms with Gasteiger partial charge in [-0.15, -0.1) is 0 Å². The van der Waals surface area contributed by atoms with Crippen LogP contribution in [0.2, 0.25) is 0 Å². The minimum Gasteiger partial charge on any atom is -0.309 e. The van der Waals surface area contributed by atoms with Crippen molar-refractivity contribution in [2.45, 2.75) is 32.9 Å². The topological polar surface area (TPSA) is 12.0 Å². The third kappa shape index (κ3) is 2.99. The first-order chi connectivity index (χ1) is 7.25. The lowest BCUT2D eigenvalue weighted by molar-refractivity contribution is 0.557. The second kappa shape index (κ2) is 5.04. The first kappa shape index (κ1) is 11.0. The maximum Gasteiger partial charge on any atom is 0.0211 e. The van der Waals surface area contributed by atoms with Gasteiger partial charge in [0.05, 0.1) is 0 Å². The molecule has 82 valence electrons. The lowest BCUT2D eigenvalue weighted by Gasteiger charge is -2.13. The van der Waals surface area contributed by atoms with Crippen molar-refractivity contribution in [2.75, 3.05) is 11.5 Å². The van der Waals surface area contributed by atoms with Crippen molar-refractivity contribution >= 4 is 11.8 Å². The van der Waals surface area contributed by atoms with Gasteiger partial charge in [-0.2, -0.15) is 11.8 Å². The van der Waals surface area contributed by atoms with E-state index in [0.29, 0.717) is 0 Å². The van der Waals surface area contributed by atoms with E-state index in [0.717, 1.165) is 12.6 Å². The van der Waals surface area contributed by atoms with E-state index in [4.69, 9.17) is 0 Å². The molecule has 2 rings (SSSR count). The highest BCUT2D eigenvalue weighted by Crippen LogP contribution is 2.18. The molecular weight excluding hydrogens is 202 g/mol. The Hall–Kier alpha value is -0.470. The van der Waals surface area contributed by atoms with Crippen LogP contribution in [0.3, 0.4) is 0 Å². The van der Waals surface area contributed by atoms with Gasteiger partial charge >= 0.3 is 0 Å². The van der Waals surface area contributed by atoms with Crippen LogP contribution in [0.25, 0.3) is 0 Å². The number of aryl methyl sites for hydroxylation is 2. The summed E-state index contributed by atoms with van der Waals surface area (Å²) >= 11 is 2.06. The second-order valence-electron chi connectivity index (χ2n) is 4.37. The molecule has 0 radical (unpaired) electrons. The molecule has 1 atom stereocenters. The molecule has 1 fully saturated rings. The van der Waals surface area contributed by atoms with Gasteiger partial charge in [-0.3, -0.25) is 0 Å². The Morgan fingerprint density at radius 3 is 3.00 bits per heavy atom. The summed E-state index contributed by atoms with van der Waals surface area (Å²) in [5, 5.41) is 3.65. The monoisotopic (exact) mass is 221 g/mol. The number of hydrogen-bond acceptors (Lipinski definition) is 2. The Morgan fingerprint density at radius 1 is 1.40 bits per heavy atom. The van der Waals surface area contributed by atoms with Crippen molar-refractivity contribution in [1.29, 1.82) is 0 Å². The van der Waals surface area contributed by atoms with Crippen LogP contribution in [0.4, 0.5) is 0 Å². The third-order valence-corrected chi connectivity index (χ3v) is 4.18. The molecule has 0 spiro atoms. The van der Waals surface area contributed by atoms with E-state index in [9.17, 15) is 0 Å². The van der Waals surface area contributed by atoms with Gasteiger partial charge in [0, 0.05) is 18.3 Å². The van der Waals surface area contributed by atoms with E-state index < -0.39 is 0 Å². The van der Waals surface area contributed by atoms with Gasteiger partial charge in [0.1, 0.15) is 0 Å². The molecule has 1 aliphatic heterocycles. The zero-order valence-corrected chi connectivity index (χ0v) is 10.4. The van der Waals surface area contributed by atoms with Crippen LogP contribution >= 0.6 is 11.8 Å². The van der Waals surface area contributed by atoms with Crippen LogP contribution < -0.4 is 5.32 Å². The molecule has 1 heterocycles. The van der Waals surface area contributed by atoms with Gasteiger partial charge in [0.2, 0.25) is 0 Å². The predicted octanol–water partition coefficient (Wildman–Crippen LogP) is 2.90. The molecule has 0 aromatic heterocycles. The molecule has 0 bridgehead atoms. The molecule has 2 heteroatoms. The standard InChI is InChI=1S/C13H19NS/c1-10-3-4-11(2)12(7-10)8-14-13-5-6-15-9-13/h3-4,7,13-14H,5-6,8-9H2,1-2H3. The molecule has 1 aliphatic rings. The summed E-state index contributed by atoms with van der Waals surface area (Å²) in [6.07, 6.45) is 1.33. The van der Waals surface area contributed by atoms with Gasteiger partial charge in [-0.1, -0.05) is 23.8 Å². The molecule has 1 nitrogen and oxygen atoms in total. The Balaban J connectivity index is 1.94. The van der Waals surface area contributed by atoms with Gasteiger partial charge < -0.3 is 5.32 Å². The van der Waals surface area contributed by atoms with Crippen molar-refractivity contribution in [3.05, 3.63) is 34.9 Å². The van der Waals surface area contributed by atoms with Crippen molar-refractivity contribution in [2.24, 2.45) is 0 Å². The Labute approximate surface area is 96.7 Å². The molecule has 1 N–H and O–H groups in total. The van der Waals surface area contributed by atoms with Crippen LogP contribution in [0.5, 0.6) is 0 Å². The molecule has 1 aromatic carbocycles. The quantitative estimate of drug-likeness (QED) is 0.842. The Kier molecular flexibility index (Phi) is 3.71. The summed E-state index contributed by atoms with van der Waals surface area (Å²) in [5.41, 5.74) is 4.21. The van der Waals surface area contributed by atoms with Crippen molar-refractivity contribution in [1.82, 2.24) is 5.32 Å². The van der Waals surface area contributed by atoms with Crippen LogP contribution in [-0.2, 0) is 6.54 Å². The average molecular weight is 221 g/mol. The molecule has 0 saturated carbocycles. The fourth-order valence-corrected chi connectivity index (χ4v) is 3.13. The lowest BCUT2D eigenvalue weighted by atomic mass is 10.1. The second-order valence-corrected chi connectivity index (χ2v) is 5.52. The molecular formula is C13H19NS. The SMILES string of the molecule is Cc1ccc(C)c(CNC2CCSC2)c1. The zero-order valence-electron chi connectivity index (χ0n) is 9.55. The summed E-state index contributed by atoms with van der Waals surface area (Å²) < 4.78 is 0. The fourth-order valence-electron chi connectivity index (χ4n) is 1.94. The lowest BCUT2D eigenvalue weighted by Crippen LogP contribution is -2.28. The summed E-state index contributed by atoms with van der Waals surface area (Å²) in [5.74, 6) is 2.61. The van der Waals surface area contributed by atoms with E-state index in [-0.39, 0.29) is 0 Å². The summed E-state index contributed by atoms with van der Waals surface area (Å²) in [7, 11) is 0. The van der Waals surface area contributed by atoms with Crippen LogP contribution in [-0.4, -0.2) is 17.5 Å². The first-order valence-electron chi connectivity index (χ1n) is 5.63. The smallest absolute Gasteiger partial charge is 0.0211 e. The first-order valence-corrected chi connectivity index (χ1v) is 6.78. The number of rotatable bonds is 3. The maximum atomic E-state index is 3.65. The van der Waals surface area contributed by atoms with E-state index in [1.165, 1.54) is 34.6 Å². The summed E-state index contributed by atoms with van der Waals surface area (Å²) in [6.45, 7) is 5.38. The van der Waals surface area contributed by atoms with E-state index in [1.54, 1.807) is 0 Å². The zero-order chi connectivity index (χ0) is 10.7. The molecule has 0 amide bonds. The summed E-state index contributed by atoms with van der Waals surface area (Å²) in [4.78, 5) is 0. The number of thioether (sulfide) groups is 1. The Morgan fingerprint density at radius 2 is 2.27 bits per heavy atom. The molecule has 1 aromatic rings. The number of hydrogen-bond donors (Lipinski definition) is 1. The largest absolute Gasteiger partial charge is 0.309 e. The fraction of sp³-hybridized carbons (Fsp3) is 0.538.